The highest BCUT2D eigenvalue weighted by Gasteiger charge is 2.28. The Morgan fingerprint density at radius 1 is 1.18 bits per heavy atom. The number of hydrogen-bond donors (Lipinski definition) is 1. The number of amides is 1. The first-order valence-electron chi connectivity index (χ1n) is 10.4. The number of carbonyl (C=O) groups excluding carboxylic acids is 2. The summed E-state index contributed by atoms with van der Waals surface area (Å²) >= 11 is 2.56. The van der Waals surface area contributed by atoms with Crippen molar-refractivity contribution in [1.82, 2.24) is 10.2 Å². The molecule has 11 heteroatoms. The molecule has 3 aromatic rings. The van der Waals surface area contributed by atoms with Crippen LogP contribution in [0.15, 0.2) is 33.9 Å². The van der Waals surface area contributed by atoms with Crippen LogP contribution >= 0.6 is 23.1 Å². The van der Waals surface area contributed by atoms with Crippen LogP contribution in [-0.4, -0.2) is 41.5 Å². The number of nitrogens with zero attached hydrogens (tertiary/aromatic N) is 2. The zero-order valence-corrected chi connectivity index (χ0v) is 19.8. The molecule has 1 aromatic carbocycles. The van der Waals surface area contributed by atoms with Crippen molar-refractivity contribution in [2.45, 2.75) is 38.0 Å². The Balaban J connectivity index is 1.30. The Labute approximate surface area is 198 Å². The van der Waals surface area contributed by atoms with Gasteiger partial charge in [-0.2, -0.15) is 0 Å². The normalized spacial score (nSPS) is 12.3. The zero-order valence-electron chi connectivity index (χ0n) is 18.2. The van der Waals surface area contributed by atoms with Crippen molar-refractivity contribution in [2.75, 3.05) is 24.8 Å². The van der Waals surface area contributed by atoms with Crippen LogP contribution in [0.2, 0.25) is 0 Å². The molecule has 0 spiro atoms. The zero-order chi connectivity index (χ0) is 23.2. The summed E-state index contributed by atoms with van der Waals surface area (Å²) in [5.74, 6) is 1.08. The summed E-state index contributed by atoms with van der Waals surface area (Å²) in [6.45, 7) is 2.16. The molecule has 0 saturated heterocycles. The number of aryl methyl sites for hydroxylation is 1. The third kappa shape index (κ3) is 5.66. The predicted octanol–water partition coefficient (Wildman–Crippen LogP) is 4.11. The maximum Gasteiger partial charge on any atom is 0.341 e. The Morgan fingerprint density at radius 3 is 2.73 bits per heavy atom. The van der Waals surface area contributed by atoms with Gasteiger partial charge in [-0.25, -0.2) is 4.79 Å². The summed E-state index contributed by atoms with van der Waals surface area (Å²) in [5.41, 5.74) is 1.49. The van der Waals surface area contributed by atoms with Crippen LogP contribution in [0.5, 0.6) is 11.5 Å². The molecule has 9 nitrogen and oxygen atoms in total. The molecular weight excluding hydrogens is 466 g/mol. The highest BCUT2D eigenvalue weighted by atomic mass is 32.2. The molecule has 174 valence electrons. The summed E-state index contributed by atoms with van der Waals surface area (Å²) in [5, 5.41) is 11.5. The van der Waals surface area contributed by atoms with E-state index >= 15 is 0 Å². The van der Waals surface area contributed by atoms with Crippen LogP contribution in [0, 0.1) is 0 Å². The van der Waals surface area contributed by atoms with Crippen molar-refractivity contribution in [3.8, 4) is 11.5 Å². The molecule has 0 aliphatic heterocycles. The van der Waals surface area contributed by atoms with Crippen molar-refractivity contribution in [2.24, 2.45) is 0 Å². The second kappa shape index (κ2) is 10.7. The molecule has 1 aliphatic rings. The lowest BCUT2D eigenvalue weighted by Crippen LogP contribution is -2.16. The number of thiophene rings is 1. The minimum absolute atomic E-state index is 0.0613. The fourth-order valence-electron chi connectivity index (χ4n) is 3.37. The van der Waals surface area contributed by atoms with E-state index in [4.69, 9.17) is 18.6 Å². The molecule has 1 aliphatic carbocycles. The van der Waals surface area contributed by atoms with Crippen LogP contribution < -0.4 is 14.8 Å². The van der Waals surface area contributed by atoms with E-state index in [2.05, 4.69) is 15.5 Å². The lowest BCUT2D eigenvalue weighted by atomic mass is 10.1. The maximum absolute atomic E-state index is 12.5. The molecule has 2 heterocycles. The quantitative estimate of drug-likeness (QED) is 0.332. The van der Waals surface area contributed by atoms with Crippen molar-refractivity contribution >= 4 is 40.0 Å². The van der Waals surface area contributed by atoms with Crippen molar-refractivity contribution in [3.05, 3.63) is 46.2 Å². The van der Waals surface area contributed by atoms with Gasteiger partial charge in [0, 0.05) is 4.88 Å². The van der Waals surface area contributed by atoms with E-state index in [9.17, 15) is 9.59 Å². The number of nitrogens with one attached hydrogen (secondary N) is 1. The van der Waals surface area contributed by atoms with Gasteiger partial charge in [0.15, 0.2) is 6.61 Å². The highest BCUT2D eigenvalue weighted by Crippen LogP contribution is 2.39. The first kappa shape index (κ1) is 23.1. The van der Waals surface area contributed by atoms with Gasteiger partial charge in [0.05, 0.1) is 25.0 Å². The number of carbonyl (C=O) groups is 2. The monoisotopic (exact) mass is 489 g/mol. The average molecular weight is 490 g/mol. The van der Waals surface area contributed by atoms with E-state index in [0.717, 1.165) is 47.2 Å². The number of anilines is 1. The SMILES string of the molecule is CCOC(=O)c1c(NC(=O)CSc2nnc(COc3ccc(OC)cc3)o2)sc2c1CCC2. The van der Waals surface area contributed by atoms with Crippen LogP contribution in [0.4, 0.5) is 5.00 Å². The topological polar surface area (TPSA) is 113 Å². The van der Waals surface area contributed by atoms with E-state index in [1.165, 1.54) is 11.3 Å². The van der Waals surface area contributed by atoms with Gasteiger partial charge in [0.25, 0.3) is 11.1 Å². The van der Waals surface area contributed by atoms with E-state index in [1.807, 2.05) is 0 Å². The number of ether oxygens (including phenoxy) is 3. The van der Waals surface area contributed by atoms with Crippen molar-refractivity contribution in [1.29, 1.82) is 0 Å². The number of rotatable bonds is 10. The summed E-state index contributed by atoms with van der Waals surface area (Å²) < 4.78 is 21.4. The Hall–Kier alpha value is -3.05. The largest absolute Gasteiger partial charge is 0.497 e. The highest BCUT2D eigenvalue weighted by molar-refractivity contribution is 7.99. The van der Waals surface area contributed by atoms with Crippen LogP contribution in [0.1, 0.15) is 40.0 Å². The summed E-state index contributed by atoms with van der Waals surface area (Å²) in [4.78, 5) is 26.1. The number of aromatic nitrogens is 2. The van der Waals surface area contributed by atoms with Gasteiger partial charge in [-0.3, -0.25) is 4.79 Å². The predicted molar refractivity (Wildman–Crippen MR) is 123 cm³/mol. The summed E-state index contributed by atoms with van der Waals surface area (Å²) in [6.07, 6.45) is 2.76. The molecule has 0 saturated carbocycles. The number of fused-ring (bicyclic) bond motifs is 1. The number of benzene rings is 1. The van der Waals surface area contributed by atoms with Gasteiger partial charge in [0.1, 0.15) is 16.5 Å². The smallest absolute Gasteiger partial charge is 0.341 e. The Morgan fingerprint density at radius 2 is 1.97 bits per heavy atom. The molecule has 4 rings (SSSR count). The second-order valence-corrected chi connectivity index (χ2v) is 9.08. The molecule has 0 atom stereocenters. The third-order valence-corrected chi connectivity index (χ3v) is 6.88. The standard InChI is InChI=1S/C22H23N3O6S2/c1-3-29-21(27)19-15-5-4-6-16(15)33-20(19)23-17(26)12-32-22-25-24-18(31-22)11-30-14-9-7-13(28-2)8-10-14/h7-10H,3-6,11-12H2,1-2H3,(H,23,26). The molecule has 2 aromatic heterocycles. The van der Waals surface area contributed by atoms with E-state index in [1.54, 1.807) is 38.3 Å². The van der Waals surface area contributed by atoms with Crippen LogP contribution in [0.3, 0.4) is 0 Å². The van der Waals surface area contributed by atoms with Gasteiger partial charge >= 0.3 is 5.97 Å². The number of thioether (sulfide) groups is 1. The number of methoxy groups -OCH3 is 1. The van der Waals surface area contributed by atoms with Crippen LogP contribution in [0.25, 0.3) is 0 Å². The molecular formula is C22H23N3O6S2. The molecule has 0 radical (unpaired) electrons. The van der Waals surface area contributed by atoms with Gasteiger partial charge in [0.2, 0.25) is 5.91 Å². The van der Waals surface area contributed by atoms with E-state index < -0.39 is 5.97 Å². The number of esters is 1. The first-order chi connectivity index (χ1) is 16.1. The van der Waals surface area contributed by atoms with Gasteiger partial charge in [-0.1, -0.05) is 11.8 Å². The average Bonchev–Trinajstić information content (AvgIpc) is 3.53. The van der Waals surface area contributed by atoms with Crippen molar-refractivity contribution in [3.63, 3.8) is 0 Å². The minimum atomic E-state index is -0.391. The minimum Gasteiger partial charge on any atom is -0.497 e. The fourth-order valence-corrected chi connectivity index (χ4v) is 5.25. The summed E-state index contributed by atoms with van der Waals surface area (Å²) in [6, 6.07) is 7.14. The molecule has 0 unspecified atom stereocenters. The lowest BCUT2D eigenvalue weighted by Gasteiger charge is -2.07. The lowest BCUT2D eigenvalue weighted by molar-refractivity contribution is -0.113. The van der Waals surface area contributed by atoms with Gasteiger partial charge in [-0.05, 0) is 56.0 Å². The van der Waals surface area contributed by atoms with Gasteiger partial charge < -0.3 is 23.9 Å². The van der Waals surface area contributed by atoms with Crippen molar-refractivity contribution < 1.29 is 28.2 Å². The molecule has 0 bridgehead atoms. The summed E-state index contributed by atoms with van der Waals surface area (Å²) in [7, 11) is 1.60. The third-order valence-electron chi connectivity index (χ3n) is 4.85. The molecule has 0 fully saturated rings. The molecule has 1 amide bonds. The molecule has 33 heavy (non-hydrogen) atoms. The van der Waals surface area contributed by atoms with Crippen LogP contribution in [-0.2, 0) is 29.0 Å². The Bertz CT molecular complexity index is 1130. The molecule has 1 N–H and O–H groups in total. The number of hydrogen-bond acceptors (Lipinski definition) is 10. The second-order valence-electron chi connectivity index (χ2n) is 7.04. The fraction of sp³-hybridized carbons (Fsp3) is 0.364. The van der Waals surface area contributed by atoms with Gasteiger partial charge in [-0.15, -0.1) is 21.5 Å². The first-order valence-corrected chi connectivity index (χ1v) is 12.2. The Kier molecular flexibility index (Phi) is 7.50. The maximum atomic E-state index is 12.5. The van der Waals surface area contributed by atoms with E-state index in [0.29, 0.717) is 22.2 Å². The van der Waals surface area contributed by atoms with E-state index in [-0.39, 0.29) is 30.1 Å².